The molecule has 2 fully saturated rings. The van der Waals surface area contributed by atoms with Crippen molar-refractivity contribution in [1.29, 1.82) is 0 Å². The molecule has 0 radical (unpaired) electrons. The number of likely N-dealkylation sites (tertiary alicyclic amines) is 1. The van der Waals surface area contributed by atoms with Gasteiger partial charge in [-0.2, -0.15) is 0 Å². The Morgan fingerprint density at radius 1 is 1.21 bits per heavy atom. The van der Waals surface area contributed by atoms with Gasteiger partial charge in [0.15, 0.2) is 5.88 Å². The van der Waals surface area contributed by atoms with Crippen molar-refractivity contribution in [3.63, 3.8) is 0 Å². The van der Waals surface area contributed by atoms with E-state index in [9.17, 15) is 14.4 Å². The Balaban J connectivity index is 2.14. The van der Waals surface area contributed by atoms with Gasteiger partial charge < -0.3 is 26.0 Å². The third-order valence-electron chi connectivity index (χ3n) is 6.76. The van der Waals surface area contributed by atoms with Crippen molar-refractivity contribution >= 4 is 17.7 Å². The van der Waals surface area contributed by atoms with Crippen LogP contribution < -0.4 is 16.4 Å². The van der Waals surface area contributed by atoms with Crippen LogP contribution in [0.3, 0.4) is 0 Å². The lowest BCUT2D eigenvalue weighted by atomic mass is 10.1. The summed E-state index contributed by atoms with van der Waals surface area (Å²) in [6, 6.07) is -1.06. The SMILES string of the molecule is C/C=C(\N[C@@H](CCCCC)C(=O)N1CCC[C@H]1C(=O)N[C@]1(C(N)=O)C[C@H]1CCC)OC(C)(C)C. The van der Waals surface area contributed by atoms with E-state index in [4.69, 9.17) is 10.5 Å². The number of unbranched alkanes of at least 4 members (excludes halogenated alkanes) is 2. The molecule has 8 heteroatoms. The van der Waals surface area contributed by atoms with Crippen molar-refractivity contribution in [1.82, 2.24) is 15.5 Å². The molecule has 0 unspecified atom stereocenters. The average molecular weight is 479 g/mol. The molecule has 1 aliphatic carbocycles. The van der Waals surface area contributed by atoms with Gasteiger partial charge in [-0.15, -0.1) is 0 Å². The maximum Gasteiger partial charge on any atom is 0.245 e. The highest BCUT2D eigenvalue weighted by Crippen LogP contribution is 2.46. The average Bonchev–Trinajstić information content (AvgIpc) is 3.22. The molecule has 194 valence electrons. The number of nitrogens with zero attached hydrogens (tertiary/aromatic N) is 1. The lowest BCUT2D eigenvalue weighted by Gasteiger charge is -2.32. The van der Waals surface area contributed by atoms with E-state index < -0.39 is 29.1 Å². The van der Waals surface area contributed by atoms with Crippen LogP contribution in [0.5, 0.6) is 0 Å². The third-order valence-corrected chi connectivity index (χ3v) is 6.76. The van der Waals surface area contributed by atoms with Crippen LogP contribution in [0.2, 0.25) is 0 Å². The highest BCUT2D eigenvalue weighted by Gasteiger charge is 2.60. The number of nitrogens with two attached hydrogens (primary N) is 1. The van der Waals surface area contributed by atoms with E-state index in [1.807, 2.05) is 33.8 Å². The van der Waals surface area contributed by atoms with Crippen LogP contribution in [0, 0.1) is 5.92 Å². The number of nitrogens with one attached hydrogen (secondary N) is 2. The summed E-state index contributed by atoms with van der Waals surface area (Å²) in [4.78, 5) is 40.7. The van der Waals surface area contributed by atoms with E-state index in [1.165, 1.54) is 0 Å². The van der Waals surface area contributed by atoms with Crippen molar-refractivity contribution in [3.05, 3.63) is 12.0 Å². The number of carbonyl (C=O) groups is 3. The summed E-state index contributed by atoms with van der Waals surface area (Å²) >= 11 is 0. The summed E-state index contributed by atoms with van der Waals surface area (Å²) in [5.41, 5.74) is 4.31. The van der Waals surface area contributed by atoms with Gasteiger partial charge in [-0.3, -0.25) is 14.4 Å². The molecule has 0 aromatic heterocycles. The van der Waals surface area contributed by atoms with Crippen LogP contribution in [0.1, 0.15) is 99.3 Å². The Kier molecular flexibility index (Phi) is 9.83. The Morgan fingerprint density at radius 2 is 1.91 bits per heavy atom. The maximum absolute atomic E-state index is 13.7. The smallest absolute Gasteiger partial charge is 0.245 e. The zero-order chi connectivity index (χ0) is 25.5. The second-order valence-electron chi connectivity index (χ2n) is 10.8. The van der Waals surface area contributed by atoms with E-state index in [0.717, 1.165) is 38.5 Å². The molecule has 0 aromatic carbocycles. The number of primary amides is 1. The highest BCUT2D eigenvalue weighted by molar-refractivity contribution is 5.97. The van der Waals surface area contributed by atoms with Crippen LogP contribution in [0.4, 0.5) is 0 Å². The fraction of sp³-hybridized carbons (Fsp3) is 0.808. The Morgan fingerprint density at radius 3 is 2.47 bits per heavy atom. The normalized spacial score (nSPS) is 25.6. The third kappa shape index (κ3) is 7.12. The van der Waals surface area contributed by atoms with Crippen molar-refractivity contribution in [2.75, 3.05) is 6.54 Å². The fourth-order valence-electron chi connectivity index (χ4n) is 4.88. The molecule has 1 aliphatic heterocycles. The molecule has 34 heavy (non-hydrogen) atoms. The van der Waals surface area contributed by atoms with Gasteiger partial charge in [-0.25, -0.2) is 0 Å². The minimum atomic E-state index is -0.957. The molecule has 1 saturated carbocycles. The highest BCUT2D eigenvalue weighted by atomic mass is 16.5. The monoisotopic (exact) mass is 478 g/mol. The molecule has 0 aromatic rings. The molecular formula is C26H46N4O4. The van der Waals surface area contributed by atoms with E-state index >= 15 is 0 Å². The number of ether oxygens (including phenoxy) is 1. The molecule has 4 N–H and O–H groups in total. The van der Waals surface area contributed by atoms with Crippen LogP contribution in [0.25, 0.3) is 0 Å². The van der Waals surface area contributed by atoms with E-state index in [1.54, 1.807) is 4.90 Å². The standard InChI is InChI=1S/C26H46N4O4/c1-7-10-11-14-19(28-21(9-3)34-25(4,5)6)23(32)30-16-12-15-20(30)22(31)29-26(24(27)33)17-18(26)13-8-2/h9,18-20,28H,7-8,10-17H2,1-6H3,(H2,27,33)(H,29,31)/b21-9+/t18-,19+,20+,26-/m1/s1. The first-order valence-electron chi connectivity index (χ1n) is 13.0. The molecule has 0 bridgehead atoms. The first kappa shape index (κ1) is 28.0. The van der Waals surface area contributed by atoms with Gasteiger partial charge in [0.1, 0.15) is 23.2 Å². The lowest BCUT2D eigenvalue weighted by molar-refractivity contribution is -0.141. The minimum Gasteiger partial charge on any atom is -0.474 e. The predicted molar refractivity (Wildman–Crippen MR) is 133 cm³/mol. The topological polar surface area (TPSA) is 114 Å². The molecule has 3 amide bonds. The van der Waals surface area contributed by atoms with Crippen LogP contribution in [-0.4, -0.2) is 52.4 Å². The number of amides is 3. The first-order chi connectivity index (χ1) is 16.0. The first-order valence-corrected chi connectivity index (χ1v) is 13.0. The summed E-state index contributed by atoms with van der Waals surface area (Å²) < 4.78 is 5.99. The Bertz CT molecular complexity index is 760. The van der Waals surface area contributed by atoms with Crippen molar-refractivity contribution in [3.8, 4) is 0 Å². The molecule has 4 atom stereocenters. The zero-order valence-electron chi connectivity index (χ0n) is 22.0. The second-order valence-corrected chi connectivity index (χ2v) is 10.8. The summed E-state index contributed by atoms with van der Waals surface area (Å²) in [6.07, 6.45) is 9.17. The molecule has 0 spiro atoms. The van der Waals surface area contributed by atoms with E-state index in [-0.39, 0.29) is 17.7 Å². The van der Waals surface area contributed by atoms with Gasteiger partial charge in [0.2, 0.25) is 17.7 Å². The quantitative estimate of drug-likeness (QED) is 0.277. The fourth-order valence-corrected chi connectivity index (χ4v) is 4.88. The molecule has 1 saturated heterocycles. The summed E-state index contributed by atoms with van der Waals surface area (Å²) in [7, 11) is 0. The van der Waals surface area contributed by atoms with Gasteiger partial charge in [-0.1, -0.05) is 39.5 Å². The Labute approximate surface area is 205 Å². The van der Waals surface area contributed by atoms with Gasteiger partial charge in [0.05, 0.1) is 0 Å². The largest absolute Gasteiger partial charge is 0.474 e. The van der Waals surface area contributed by atoms with Crippen molar-refractivity contribution in [2.45, 2.75) is 123 Å². The number of carbonyl (C=O) groups excluding carboxylic acids is 3. The second kappa shape index (κ2) is 11.9. The van der Waals surface area contributed by atoms with Gasteiger partial charge in [0.25, 0.3) is 0 Å². The molecular weight excluding hydrogens is 432 g/mol. The van der Waals surface area contributed by atoms with Gasteiger partial charge in [0, 0.05) is 6.54 Å². The van der Waals surface area contributed by atoms with E-state index in [0.29, 0.717) is 31.7 Å². The number of rotatable bonds is 13. The number of hydrogen-bond acceptors (Lipinski definition) is 5. The van der Waals surface area contributed by atoms with Crippen molar-refractivity contribution < 1.29 is 19.1 Å². The van der Waals surface area contributed by atoms with E-state index in [2.05, 4.69) is 24.5 Å². The lowest BCUT2D eigenvalue weighted by Crippen LogP contribution is -2.57. The summed E-state index contributed by atoms with van der Waals surface area (Å²) in [5, 5.41) is 6.24. The van der Waals surface area contributed by atoms with Crippen LogP contribution in [0.15, 0.2) is 12.0 Å². The maximum atomic E-state index is 13.7. The molecule has 1 heterocycles. The molecule has 8 nitrogen and oxygen atoms in total. The van der Waals surface area contributed by atoms with Crippen LogP contribution in [-0.2, 0) is 19.1 Å². The predicted octanol–water partition coefficient (Wildman–Crippen LogP) is 3.35. The van der Waals surface area contributed by atoms with Crippen LogP contribution >= 0.6 is 0 Å². The number of allylic oxidation sites excluding steroid dienone is 1. The van der Waals surface area contributed by atoms with Gasteiger partial charge >= 0.3 is 0 Å². The molecule has 2 aliphatic rings. The number of hydrogen-bond donors (Lipinski definition) is 3. The van der Waals surface area contributed by atoms with Gasteiger partial charge in [-0.05, 0) is 71.8 Å². The zero-order valence-corrected chi connectivity index (χ0v) is 22.0. The Hall–Kier alpha value is -2.25. The minimum absolute atomic E-state index is 0.0831. The molecule has 2 rings (SSSR count). The summed E-state index contributed by atoms with van der Waals surface area (Å²) in [5.74, 6) is -0.200. The van der Waals surface area contributed by atoms with Crippen molar-refractivity contribution in [2.24, 2.45) is 11.7 Å². The summed E-state index contributed by atoms with van der Waals surface area (Å²) in [6.45, 7) is 12.5.